The van der Waals surface area contributed by atoms with Gasteiger partial charge < -0.3 is 10.6 Å². The molecular weight excluding hydrogens is 311 g/mol. The highest BCUT2D eigenvalue weighted by molar-refractivity contribution is 7.17. The molecule has 2 aromatic rings. The Bertz CT molecular complexity index is 586. The second kappa shape index (κ2) is 8.12. The maximum atomic E-state index is 12.9. The van der Waals surface area contributed by atoms with Gasteiger partial charge in [0, 0.05) is 17.5 Å². The van der Waals surface area contributed by atoms with Crippen molar-refractivity contribution in [2.75, 3.05) is 13.6 Å². The molecule has 0 spiro atoms. The molecule has 0 aliphatic carbocycles. The molecular formula is C15H18ClFN2OS. The number of hydrogen-bond acceptors (Lipinski definition) is 3. The third kappa shape index (κ3) is 4.81. The molecule has 1 atom stereocenters. The van der Waals surface area contributed by atoms with E-state index < -0.39 is 0 Å². The molecule has 0 saturated carbocycles. The molecule has 6 heteroatoms. The first-order chi connectivity index (χ1) is 9.60. The molecule has 0 fully saturated rings. The SMILES string of the molecule is CNC(C)CNC(=O)c1ccc(-c2ccc(F)cc2)s1.Cl. The fourth-order valence-electron chi connectivity index (χ4n) is 1.66. The minimum absolute atomic E-state index is 0. The standard InChI is InChI=1S/C15H17FN2OS.ClH/c1-10(17-2)9-18-15(19)14-8-7-13(20-14)11-3-5-12(16)6-4-11;/h3-8,10,17H,9H2,1-2H3,(H,18,19);1H. The van der Waals surface area contributed by atoms with Crippen molar-refractivity contribution in [3.05, 3.63) is 47.1 Å². The van der Waals surface area contributed by atoms with Gasteiger partial charge in [-0.3, -0.25) is 4.79 Å². The molecule has 1 heterocycles. The minimum atomic E-state index is -0.260. The van der Waals surface area contributed by atoms with Crippen molar-refractivity contribution in [1.82, 2.24) is 10.6 Å². The van der Waals surface area contributed by atoms with Crippen LogP contribution in [0.5, 0.6) is 0 Å². The molecule has 114 valence electrons. The number of halogens is 2. The number of rotatable bonds is 5. The van der Waals surface area contributed by atoms with Crippen molar-refractivity contribution in [3.63, 3.8) is 0 Å². The van der Waals surface area contributed by atoms with Crippen LogP contribution in [0.4, 0.5) is 4.39 Å². The molecule has 3 nitrogen and oxygen atoms in total. The second-order valence-electron chi connectivity index (χ2n) is 4.57. The molecule has 0 aliphatic rings. The Morgan fingerprint density at radius 2 is 1.90 bits per heavy atom. The molecule has 0 radical (unpaired) electrons. The maximum Gasteiger partial charge on any atom is 0.261 e. The summed E-state index contributed by atoms with van der Waals surface area (Å²) >= 11 is 1.40. The predicted molar refractivity (Wildman–Crippen MR) is 87.8 cm³/mol. The van der Waals surface area contributed by atoms with Gasteiger partial charge in [-0.25, -0.2) is 4.39 Å². The van der Waals surface area contributed by atoms with Crippen molar-refractivity contribution in [2.24, 2.45) is 0 Å². The summed E-state index contributed by atoms with van der Waals surface area (Å²) in [4.78, 5) is 13.6. The van der Waals surface area contributed by atoms with Gasteiger partial charge in [-0.05, 0) is 43.8 Å². The third-order valence-corrected chi connectivity index (χ3v) is 4.15. The van der Waals surface area contributed by atoms with E-state index in [1.165, 1.54) is 23.5 Å². The molecule has 0 saturated heterocycles. The van der Waals surface area contributed by atoms with Gasteiger partial charge in [-0.2, -0.15) is 0 Å². The topological polar surface area (TPSA) is 41.1 Å². The fraction of sp³-hybridized carbons (Fsp3) is 0.267. The number of carbonyl (C=O) groups is 1. The highest BCUT2D eigenvalue weighted by Crippen LogP contribution is 2.28. The van der Waals surface area contributed by atoms with Crippen molar-refractivity contribution in [2.45, 2.75) is 13.0 Å². The van der Waals surface area contributed by atoms with Crippen LogP contribution in [0.3, 0.4) is 0 Å². The van der Waals surface area contributed by atoms with Crippen molar-refractivity contribution < 1.29 is 9.18 Å². The lowest BCUT2D eigenvalue weighted by molar-refractivity contribution is 0.0954. The lowest BCUT2D eigenvalue weighted by Crippen LogP contribution is -2.36. The Hall–Kier alpha value is -1.43. The summed E-state index contributed by atoms with van der Waals surface area (Å²) < 4.78 is 12.9. The Morgan fingerprint density at radius 3 is 2.52 bits per heavy atom. The Balaban J connectivity index is 0.00000220. The van der Waals surface area contributed by atoms with Crippen LogP contribution in [0, 0.1) is 5.82 Å². The lowest BCUT2D eigenvalue weighted by atomic mass is 10.2. The molecule has 2 N–H and O–H groups in total. The number of amides is 1. The average Bonchev–Trinajstić information content (AvgIpc) is 2.95. The Labute approximate surface area is 134 Å². The van der Waals surface area contributed by atoms with Gasteiger partial charge in [0.1, 0.15) is 5.82 Å². The minimum Gasteiger partial charge on any atom is -0.350 e. The number of thiophene rings is 1. The van der Waals surface area contributed by atoms with Crippen LogP contribution in [0.25, 0.3) is 10.4 Å². The first-order valence-corrected chi connectivity index (χ1v) is 7.23. The molecule has 1 amide bonds. The first-order valence-electron chi connectivity index (χ1n) is 6.41. The maximum absolute atomic E-state index is 12.9. The van der Waals surface area contributed by atoms with Gasteiger partial charge in [-0.15, -0.1) is 23.7 Å². The van der Waals surface area contributed by atoms with Gasteiger partial charge >= 0.3 is 0 Å². The van der Waals surface area contributed by atoms with E-state index in [4.69, 9.17) is 0 Å². The van der Waals surface area contributed by atoms with Crippen LogP contribution in [-0.4, -0.2) is 25.5 Å². The Kier molecular flexibility index (Phi) is 6.81. The second-order valence-corrected chi connectivity index (χ2v) is 5.65. The van der Waals surface area contributed by atoms with Gasteiger partial charge in [0.05, 0.1) is 4.88 Å². The number of likely N-dealkylation sites (N-methyl/N-ethyl adjacent to an activating group) is 1. The summed E-state index contributed by atoms with van der Waals surface area (Å²) in [5.74, 6) is -0.338. The van der Waals surface area contributed by atoms with E-state index in [2.05, 4.69) is 10.6 Å². The molecule has 0 bridgehead atoms. The normalized spacial score (nSPS) is 11.6. The van der Waals surface area contributed by atoms with E-state index in [-0.39, 0.29) is 30.2 Å². The third-order valence-electron chi connectivity index (χ3n) is 3.02. The molecule has 21 heavy (non-hydrogen) atoms. The van der Waals surface area contributed by atoms with Crippen LogP contribution >= 0.6 is 23.7 Å². The molecule has 1 aromatic carbocycles. The summed E-state index contributed by atoms with van der Waals surface area (Å²) in [7, 11) is 1.86. The smallest absolute Gasteiger partial charge is 0.261 e. The van der Waals surface area contributed by atoms with E-state index >= 15 is 0 Å². The van der Waals surface area contributed by atoms with Crippen molar-refractivity contribution in [3.8, 4) is 10.4 Å². The van der Waals surface area contributed by atoms with E-state index in [1.807, 2.05) is 20.0 Å². The average molecular weight is 329 g/mol. The van der Waals surface area contributed by atoms with Gasteiger partial charge in [0.25, 0.3) is 5.91 Å². The summed E-state index contributed by atoms with van der Waals surface area (Å²) in [5.41, 5.74) is 0.916. The van der Waals surface area contributed by atoms with Crippen LogP contribution < -0.4 is 10.6 Å². The van der Waals surface area contributed by atoms with Crippen LogP contribution in [0.15, 0.2) is 36.4 Å². The molecule has 0 aliphatic heterocycles. The van der Waals surface area contributed by atoms with E-state index in [9.17, 15) is 9.18 Å². The zero-order valence-corrected chi connectivity index (χ0v) is 13.5. The van der Waals surface area contributed by atoms with Crippen LogP contribution in [0.2, 0.25) is 0 Å². The number of nitrogens with one attached hydrogen (secondary N) is 2. The first kappa shape index (κ1) is 17.6. The lowest BCUT2D eigenvalue weighted by Gasteiger charge is -2.10. The van der Waals surface area contributed by atoms with E-state index in [1.54, 1.807) is 18.2 Å². The zero-order chi connectivity index (χ0) is 14.5. The number of hydrogen-bond donors (Lipinski definition) is 2. The largest absolute Gasteiger partial charge is 0.350 e. The number of benzene rings is 1. The predicted octanol–water partition coefficient (Wildman–Crippen LogP) is 3.31. The Morgan fingerprint density at radius 1 is 1.24 bits per heavy atom. The van der Waals surface area contributed by atoms with Crippen LogP contribution in [-0.2, 0) is 0 Å². The van der Waals surface area contributed by atoms with Crippen molar-refractivity contribution in [1.29, 1.82) is 0 Å². The van der Waals surface area contributed by atoms with Gasteiger partial charge in [-0.1, -0.05) is 12.1 Å². The molecule has 1 unspecified atom stereocenters. The van der Waals surface area contributed by atoms with E-state index in [0.717, 1.165) is 10.4 Å². The summed E-state index contributed by atoms with van der Waals surface area (Å²) in [6.07, 6.45) is 0. The van der Waals surface area contributed by atoms with Crippen molar-refractivity contribution >= 4 is 29.7 Å². The fourth-order valence-corrected chi connectivity index (χ4v) is 2.59. The summed E-state index contributed by atoms with van der Waals surface area (Å²) in [6, 6.07) is 10.2. The molecule has 1 aromatic heterocycles. The summed E-state index contributed by atoms with van der Waals surface area (Å²) in [5, 5.41) is 5.93. The van der Waals surface area contributed by atoms with Gasteiger partial charge in [0.15, 0.2) is 0 Å². The highest BCUT2D eigenvalue weighted by atomic mass is 35.5. The highest BCUT2D eigenvalue weighted by Gasteiger charge is 2.11. The monoisotopic (exact) mass is 328 g/mol. The van der Waals surface area contributed by atoms with E-state index in [0.29, 0.717) is 11.4 Å². The van der Waals surface area contributed by atoms with Crippen LogP contribution in [0.1, 0.15) is 16.6 Å². The molecule has 2 rings (SSSR count). The quantitative estimate of drug-likeness (QED) is 0.884. The van der Waals surface area contributed by atoms with Gasteiger partial charge in [0.2, 0.25) is 0 Å². The summed E-state index contributed by atoms with van der Waals surface area (Å²) in [6.45, 7) is 2.58. The number of carbonyl (C=O) groups excluding carboxylic acids is 1. The zero-order valence-electron chi connectivity index (χ0n) is 11.9.